The maximum absolute atomic E-state index is 13.3. The fourth-order valence-electron chi connectivity index (χ4n) is 3.43. The van der Waals surface area contributed by atoms with Gasteiger partial charge in [0, 0.05) is 21.2 Å². The molecule has 37 heavy (non-hydrogen) atoms. The van der Waals surface area contributed by atoms with Gasteiger partial charge < -0.3 is 5.73 Å². The second-order valence-electron chi connectivity index (χ2n) is 7.95. The predicted molar refractivity (Wildman–Crippen MR) is 139 cm³/mol. The summed E-state index contributed by atoms with van der Waals surface area (Å²) in [6.07, 6.45) is -2.96. The average molecular weight is 565 g/mol. The van der Waals surface area contributed by atoms with E-state index in [-0.39, 0.29) is 21.5 Å². The molecule has 0 amide bonds. The van der Waals surface area contributed by atoms with E-state index in [9.17, 15) is 21.6 Å². The third kappa shape index (κ3) is 6.17. The molecule has 2 N–H and O–H groups in total. The van der Waals surface area contributed by atoms with Gasteiger partial charge in [0.2, 0.25) is 5.96 Å². The standard InChI is InChI=1S/C25H20ClF3N4O2S2/c1-16-13-23(22(14-20(16)26)36-15-17-7-9-19(10-8-17)25(27,28)29)37(34,35)32-24(30)33-21(11-12-31-33)18-5-3-2-4-6-18/h2-14H,15H2,1H3,(H2,30,32). The summed E-state index contributed by atoms with van der Waals surface area (Å²) >= 11 is 7.37. The number of aryl methyl sites for hydroxylation is 1. The third-order valence-electron chi connectivity index (χ3n) is 5.32. The van der Waals surface area contributed by atoms with E-state index < -0.39 is 21.8 Å². The number of alkyl halides is 3. The number of rotatable bonds is 6. The van der Waals surface area contributed by atoms with Gasteiger partial charge >= 0.3 is 6.18 Å². The Bertz CT molecular complexity index is 1550. The van der Waals surface area contributed by atoms with Crippen LogP contribution in [0, 0.1) is 6.92 Å². The molecule has 4 aromatic rings. The minimum atomic E-state index is -4.44. The molecule has 0 aliphatic rings. The Morgan fingerprint density at radius 3 is 2.41 bits per heavy atom. The van der Waals surface area contributed by atoms with E-state index in [1.165, 1.54) is 35.1 Å². The molecule has 0 aliphatic heterocycles. The van der Waals surface area contributed by atoms with Crippen molar-refractivity contribution in [3.05, 3.63) is 101 Å². The van der Waals surface area contributed by atoms with E-state index >= 15 is 0 Å². The number of benzene rings is 3. The van der Waals surface area contributed by atoms with Gasteiger partial charge in [-0.3, -0.25) is 0 Å². The normalized spacial score (nSPS) is 12.6. The van der Waals surface area contributed by atoms with Crippen LogP contribution < -0.4 is 5.73 Å². The molecular formula is C25H20ClF3N4O2S2. The van der Waals surface area contributed by atoms with Gasteiger partial charge in [-0.25, -0.2) is 0 Å². The number of hydrogen-bond donors (Lipinski definition) is 1. The van der Waals surface area contributed by atoms with Gasteiger partial charge in [0.15, 0.2) is 0 Å². The van der Waals surface area contributed by atoms with Crippen molar-refractivity contribution in [1.82, 2.24) is 9.78 Å². The van der Waals surface area contributed by atoms with Gasteiger partial charge in [-0.05, 0) is 48.4 Å². The fourth-order valence-corrected chi connectivity index (χ4v) is 6.13. The van der Waals surface area contributed by atoms with Crippen molar-refractivity contribution in [2.75, 3.05) is 0 Å². The number of hydrogen-bond acceptors (Lipinski definition) is 4. The van der Waals surface area contributed by atoms with E-state index in [0.717, 1.165) is 29.5 Å². The van der Waals surface area contributed by atoms with Crippen molar-refractivity contribution in [3.63, 3.8) is 0 Å². The molecule has 0 atom stereocenters. The van der Waals surface area contributed by atoms with Gasteiger partial charge in [-0.15, -0.1) is 16.2 Å². The Labute approximate surface area is 221 Å². The molecule has 1 aromatic heterocycles. The zero-order chi connectivity index (χ0) is 26.8. The van der Waals surface area contributed by atoms with Gasteiger partial charge in [0.05, 0.1) is 17.5 Å². The van der Waals surface area contributed by atoms with Crippen molar-refractivity contribution in [2.24, 2.45) is 10.1 Å². The highest BCUT2D eigenvalue weighted by atomic mass is 35.5. The van der Waals surface area contributed by atoms with Gasteiger partial charge in [-0.2, -0.15) is 31.4 Å². The number of nitrogens with zero attached hydrogens (tertiary/aromatic N) is 3. The van der Waals surface area contributed by atoms with E-state index in [1.807, 2.05) is 30.3 Å². The van der Waals surface area contributed by atoms with E-state index in [4.69, 9.17) is 17.3 Å². The summed E-state index contributed by atoms with van der Waals surface area (Å²) in [6.45, 7) is 1.65. The lowest BCUT2D eigenvalue weighted by Gasteiger charge is -2.12. The Hall–Kier alpha value is -3.28. The van der Waals surface area contributed by atoms with Crippen LogP contribution in [0.15, 0.2) is 93.2 Å². The van der Waals surface area contributed by atoms with Crippen molar-refractivity contribution in [1.29, 1.82) is 0 Å². The highest BCUT2D eigenvalue weighted by molar-refractivity contribution is 7.99. The topological polar surface area (TPSA) is 90.3 Å². The molecule has 192 valence electrons. The summed E-state index contributed by atoms with van der Waals surface area (Å²) in [4.78, 5) is 0.165. The lowest BCUT2D eigenvalue weighted by molar-refractivity contribution is -0.137. The molecule has 0 radical (unpaired) electrons. The molecule has 0 saturated carbocycles. The maximum atomic E-state index is 13.3. The summed E-state index contributed by atoms with van der Waals surface area (Å²) in [5.74, 6) is -0.147. The summed E-state index contributed by atoms with van der Waals surface area (Å²) in [7, 11) is -4.31. The summed E-state index contributed by atoms with van der Waals surface area (Å²) < 4.78 is 70.3. The molecular weight excluding hydrogens is 545 g/mol. The Morgan fingerprint density at radius 1 is 1.08 bits per heavy atom. The number of nitrogens with two attached hydrogens (primary N) is 1. The number of sulfonamides is 1. The molecule has 0 bridgehead atoms. The number of aromatic nitrogens is 2. The summed E-state index contributed by atoms with van der Waals surface area (Å²) in [5, 5.41) is 4.45. The van der Waals surface area contributed by atoms with Crippen LogP contribution in [0.5, 0.6) is 0 Å². The summed E-state index contributed by atoms with van der Waals surface area (Å²) in [6, 6.07) is 18.4. The van der Waals surface area contributed by atoms with Crippen LogP contribution in [0.3, 0.4) is 0 Å². The van der Waals surface area contributed by atoms with Crippen molar-refractivity contribution >= 4 is 39.3 Å². The highest BCUT2D eigenvalue weighted by Crippen LogP contribution is 2.35. The Kier molecular flexibility index (Phi) is 7.67. The molecule has 0 fully saturated rings. The molecule has 0 saturated heterocycles. The monoisotopic (exact) mass is 564 g/mol. The summed E-state index contributed by atoms with van der Waals surface area (Å²) in [5.41, 5.74) is 7.73. The van der Waals surface area contributed by atoms with Crippen LogP contribution in [0.25, 0.3) is 11.3 Å². The molecule has 4 rings (SSSR count). The van der Waals surface area contributed by atoms with Gasteiger partial charge in [0.25, 0.3) is 10.0 Å². The minimum absolute atomic E-state index is 0.123. The number of thioether (sulfide) groups is 1. The first-order chi connectivity index (χ1) is 17.5. The third-order valence-corrected chi connectivity index (χ3v) is 8.31. The van der Waals surface area contributed by atoms with Crippen molar-refractivity contribution < 1.29 is 21.6 Å². The van der Waals surface area contributed by atoms with E-state index in [0.29, 0.717) is 21.8 Å². The molecule has 0 aliphatic carbocycles. The van der Waals surface area contributed by atoms with Gasteiger partial charge in [-0.1, -0.05) is 54.1 Å². The zero-order valence-electron chi connectivity index (χ0n) is 19.3. The predicted octanol–water partition coefficient (Wildman–Crippen LogP) is 6.37. The Morgan fingerprint density at radius 2 is 1.76 bits per heavy atom. The highest BCUT2D eigenvalue weighted by Gasteiger charge is 2.30. The van der Waals surface area contributed by atoms with Crippen LogP contribution in [0.2, 0.25) is 5.02 Å². The molecule has 1 heterocycles. The quantitative estimate of drug-likeness (QED) is 0.167. The first-order valence-corrected chi connectivity index (χ1v) is 13.6. The minimum Gasteiger partial charge on any atom is -0.367 e. The van der Waals surface area contributed by atoms with Crippen LogP contribution >= 0.6 is 23.4 Å². The first kappa shape index (κ1) is 26.8. The van der Waals surface area contributed by atoms with Crippen LogP contribution in [-0.4, -0.2) is 24.2 Å². The number of halogens is 4. The SMILES string of the molecule is Cc1cc(S(=O)(=O)/N=C(\N)n2nccc2-c2ccccc2)c(SCc2ccc(C(F)(F)F)cc2)cc1Cl. The smallest absolute Gasteiger partial charge is 0.367 e. The Balaban J connectivity index is 1.65. The van der Waals surface area contributed by atoms with E-state index in [2.05, 4.69) is 9.50 Å². The lowest BCUT2D eigenvalue weighted by atomic mass is 10.1. The van der Waals surface area contributed by atoms with Crippen molar-refractivity contribution in [3.8, 4) is 11.3 Å². The van der Waals surface area contributed by atoms with Gasteiger partial charge in [0.1, 0.15) is 4.90 Å². The second-order valence-corrected chi connectivity index (χ2v) is 10.9. The molecule has 0 unspecified atom stereocenters. The first-order valence-electron chi connectivity index (χ1n) is 10.7. The second kappa shape index (κ2) is 10.6. The molecule has 12 heteroatoms. The zero-order valence-corrected chi connectivity index (χ0v) is 21.7. The van der Waals surface area contributed by atoms with Crippen LogP contribution in [-0.2, 0) is 22.0 Å². The molecule has 3 aromatic carbocycles. The van der Waals surface area contributed by atoms with E-state index in [1.54, 1.807) is 13.0 Å². The molecule has 6 nitrogen and oxygen atoms in total. The fraction of sp³-hybridized carbons (Fsp3) is 0.120. The van der Waals surface area contributed by atoms with Crippen molar-refractivity contribution in [2.45, 2.75) is 28.6 Å². The lowest BCUT2D eigenvalue weighted by Crippen LogP contribution is -2.26. The maximum Gasteiger partial charge on any atom is 0.416 e. The largest absolute Gasteiger partial charge is 0.416 e. The van der Waals surface area contributed by atoms with Crippen LogP contribution in [0.4, 0.5) is 13.2 Å². The molecule has 0 spiro atoms. The van der Waals surface area contributed by atoms with Crippen LogP contribution in [0.1, 0.15) is 16.7 Å². The average Bonchev–Trinajstić information content (AvgIpc) is 3.35.